The maximum atomic E-state index is 11.1. The van der Waals surface area contributed by atoms with Crippen LogP contribution < -0.4 is 15.8 Å². The third-order valence-corrected chi connectivity index (χ3v) is 5.80. The molecule has 2 heterocycles. The average molecular weight is 517 g/mol. The first-order valence-electron chi connectivity index (χ1n) is 12.9. The Morgan fingerprint density at radius 3 is 2.58 bits per heavy atom. The molecule has 0 aliphatic carbocycles. The molecule has 4 rings (SSSR count). The summed E-state index contributed by atoms with van der Waals surface area (Å²) in [5.74, 6) is 1.26. The average Bonchev–Trinajstić information content (AvgIpc) is 3.43. The first-order valence-corrected chi connectivity index (χ1v) is 12.9. The van der Waals surface area contributed by atoms with Crippen molar-refractivity contribution in [3.8, 4) is 17.0 Å². The Balaban J connectivity index is 0.00000195. The number of rotatable bonds is 12. The normalized spacial score (nSPS) is 10.4. The molecule has 0 aliphatic heterocycles. The first kappa shape index (κ1) is 28.2. The van der Waals surface area contributed by atoms with E-state index in [0.29, 0.717) is 35.7 Å². The Morgan fingerprint density at radius 1 is 1.11 bits per heavy atom. The molecule has 4 N–H and O–H groups in total. The van der Waals surface area contributed by atoms with Crippen molar-refractivity contribution >= 4 is 35.0 Å². The smallest absolute Gasteiger partial charge is 0.305 e. The number of benzene rings is 2. The van der Waals surface area contributed by atoms with Crippen LogP contribution in [0.4, 0.5) is 17.2 Å². The molecule has 0 saturated carbocycles. The van der Waals surface area contributed by atoms with Gasteiger partial charge in [-0.1, -0.05) is 38.8 Å². The number of unbranched alkanes of at least 4 members (excludes halogenated alkanes) is 3. The molecule has 0 unspecified atom stereocenters. The molecule has 0 saturated heterocycles. The summed E-state index contributed by atoms with van der Waals surface area (Å²) < 4.78 is 12.4. The highest BCUT2D eigenvalue weighted by molar-refractivity contribution is 5.87. The van der Waals surface area contributed by atoms with Gasteiger partial charge in [0.1, 0.15) is 5.75 Å². The van der Waals surface area contributed by atoms with Crippen molar-refractivity contribution in [2.45, 2.75) is 46.0 Å². The Kier molecular flexibility index (Phi) is 10.7. The van der Waals surface area contributed by atoms with Gasteiger partial charge in [-0.2, -0.15) is 0 Å². The fraction of sp³-hybridized carbons (Fsp3) is 0.310. The number of nitrogen functional groups attached to an aromatic ring is 1. The SMILES string of the molecule is CC.COC(=O)CCCCCCOc1ccc(Nc2nc(-c3ccc(C=N)c(N)c3)cn3ccnc23)cc1. The Morgan fingerprint density at radius 2 is 1.87 bits per heavy atom. The van der Waals surface area contributed by atoms with Crippen LogP contribution in [0.3, 0.4) is 0 Å². The second-order valence-corrected chi connectivity index (χ2v) is 8.36. The van der Waals surface area contributed by atoms with Crippen LogP contribution in [0, 0.1) is 5.41 Å². The first-order chi connectivity index (χ1) is 18.6. The predicted molar refractivity (Wildman–Crippen MR) is 152 cm³/mol. The Hall–Kier alpha value is -4.40. The van der Waals surface area contributed by atoms with Crippen LogP contribution in [0.1, 0.15) is 51.5 Å². The highest BCUT2D eigenvalue weighted by Gasteiger charge is 2.11. The molecule has 2 aromatic carbocycles. The largest absolute Gasteiger partial charge is 0.494 e. The van der Waals surface area contributed by atoms with E-state index in [2.05, 4.69) is 15.0 Å². The molecule has 0 radical (unpaired) electrons. The molecule has 0 bridgehead atoms. The summed E-state index contributed by atoms with van der Waals surface area (Å²) >= 11 is 0. The molecule has 9 nitrogen and oxygen atoms in total. The number of carbonyl (C=O) groups excluding carboxylic acids is 1. The molecular weight excluding hydrogens is 480 g/mol. The molecule has 0 spiro atoms. The number of imidazole rings is 1. The van der Waals surface area contributed by atoms with E-state index in [1.54, 1.807) is 6.20 Å². The number of anilines is 3. The van der Waals surface area contributed by atoms with Crippen LogP contribution >= 0.6 is 0 Å². The van der Waals surface area contributed by atoms with Crippen LogP contribution in [0.5, 0.6) is 5.75 Å². The van der Waals surface area contributed by atoms with E-state index in [1.807, 2.05) is 73.1 Å². The van der Waals surface area contributed by atoms with Gasteiger partial charge in [-0.3, -0.25) is 4.79 Å². The minimum atomic E-state index is -0.155. The van der Waals surface area contributed by atoms with Gasteiger partial charge in [-0.25, -0.2) is 9.97 Å². The van der Waals surface area contributed by atoms with Gasteiger partial charge >= 0.3 is 5.97 Å². The lowest BCUT2D eigenvalue weighted by Gasteiger charge is -2.12. The van der Waals surface area contributed by atoms with Gasteiger partial charge < -0.3 is 30.3 Å². The van der Waals surface area contributed by atoms with Gasteiger partial charge in [0.2, 0.25) is 0 Å². The van der Waals surface area contributed by atoms with Gasteiger partial charge in [0.05, 0.1) is 19.4 Å². The number of nitrogens with zero attached hydrogens (tertiary/aromatic N) is 3. The molecule has 200 valence electrons. The van der Waals surface area contributed by atoms with Crippen molar-refractivity contribution in [3.63, 3.8) is 0 Å². The molecular formula is C29H36N6O3. The van der Waals surface area contributed by atoms with Crippen LogP contribution in [0.25, 0.3) is 16.9 Å². The summed E-state index contributed by atoms with van der Waals surface area (Å²) in [6.45, 7) is 4.63. The number of nitrogens with two attached hydrogens (primary N) is 1. The summed E-state index contributed by atoms with van der Waals surface area (Å²) in [4.78, 5) is 20.3. The van der Waals surface area contributed by atoms with E-state index in [4.69, 9.17) is 20.9 Å². The standard InChI is InChI=1S/C27H30N6O3.C2H6/c1-35-25(34)6-4-2-3-5-15-36-22-11-9-21(10-12-22)31-26-27-30-13-14-33(27)18-24(32-26)19-7-8-20(17-28)23(29)16-19;1-2/h7-14,16-18,28H,2-6,15,29H2,1H3,(H,31,32);1-2H3. The third kappa shape index (κ3) is 7.55. The maximum absolute atomic E-state index is 11.1. The van der Waals surface area contributed by atoms with Crippen LogP contribution in [-0.4, -0.2) is 40.3 Å². The Bertz CT molecular complexity index is 1330. The monoisotopic (exact) mass is 516 g/mol. The van der Waals surface area contributed by atoms with Gasteiger partial charge in [0.25, 0.3) is 0 Å². The molecule has 0 amide bonds. The van der Waals surface area contributed by atoms with E-state index in [1.165, 1.54) is 13.3 Å². The number of nitrogens with one attached hydrogen (secondary N) is 2. The summed E-state index contributed by atoms with van der Waals surface area (Å²) in [6.07, 6.45) is 11.0. The molecule has 9 heteroatoms. The van der Waals surface area contributed by atoms with E-state index in [-0.39, 0.29) is 5.97 Å². The summed E-state index contributed by atoms with van der Waals surface area (Å²) in [5.41, 5.74) is 10.4. The molecule has 0 aliphatic rings. The maximum Gasteiger partial charge on any atom is 0.305 e. The quantitative estimate of drug-likeness (QED) is 0.0879. The summed E-state index contributed by atoms with van der Waals surface area (Å²) in [5, 5.41) is 10.8. The molecule has 0 atom stereocenters. The van der Waals surface area contributed by atoms with Gasteiger partial charge in [-0.05, 0) is 43.2 Å². The van der Waals surface area contributed by atoms with Crippen molar-refractivity contribution in [1.29, 1.82) is 5.41 Å². The van der Waals surface area contributed by atoms with E-state index < -0.39 is 0 Å². The second kappa shape index (κ2) is 14.4. The number of fused-ring (bicyclic) bond motifs is 1. The van der Waals surface area contributed by atoms with Crippen molar-refractivity contribution in [2.75, 3.05) is 24.8 Å². The highest BCUT2D eigenvalue weighted by atomic mass is 16.5. The lowest BCUT2D eigenvalue weighted by Crippen LogP contribution is -2.02. The number of carbonyl (C=O) groups is 1. The van der Waals surface area contributed by atoms with E-state index in [0.717, 1.165) is 48.4 Å². The zero-order valence-corrected chi connectivity index (χ0v) is 22.2. The molecule has 0 fully saturated rings. The van der Waals surface area contributed by atoms with Crippen molar-refractivity contribution in [2.24, 2.45) is 0 Å². The second-order valence-electron chi connectivity index (χ2n) is 8.36. The molecule has 38 heavy (non-hydrogen) atoms. The minimum absolute atomic E-state index is 0.155. The topological polar surface area (TPSA) is 128 Å². The van der Waals surface area contributed by atoms with Crippen LogP contribution in [0.15, 0.2) is 61.1 Å². The number of hydrogen-bond acceptors (Lipinski definition) is 8. The lowest BCUT2D eigenvalue weighted by molar-refractivity contribution is -0.140. The van der Waals surface area contributed by atoms with Gasteiger partial charge in [0, 0.05) is 53.7 Å². The van der Waals surface area contributed by atoms with Crippen LogP contribution in [0.2, 0.25) is 0 Å². The molecule has 2 aromatic heterocycles. The van der Waals surface area contributed by atoms with Gasteiger partial charge in [-0.15, -0.1) is 0 Å². The predicted octanol–water partition coefficient (Wildman–Crippen LogP) is 6.25. The van der Waals surface area contributed by atoms with Gasteiger partial charge in [0.15, 0.2) is 11.5 Å². The Labute approximate surface area is 223 Å². The zero-order chi connectivity index (χ0) is 27.3. The molecule has 4 aromatic rings. The van der Waals surface area contributed by atoms with E-state index >= 15 is 0 Å². The van der Waals surface area contributed by atoms with Crippen molar-refractivity contribution in [1.82, 2.24) is 14.4 Å². The number of methoxy groups -OCH3 is 1. The van der Waals surface area contributed by atoms with Crippen LogP contribution in [-0.2, 0) is 9.53 Å². The fourth-order valence-electron chi connectivity index (χ4n) is 3.81. The number of hydrogen-bond donors (Lipinski definition) is 3. The number of ether oxygens (including phenoxy) is 2. The van der Waals surface area contributed by atoms with Crippen molar-refractivity contribution < 1.29 is 14.3 Å². The third-order valence-electron chi connectivity index (χ3n) is 5.80. The lowest BCUT2D eigenvalue weighted by atomic mass is 10.1. The minimum Gasteiger partial charge on any atom is -0.494 e. The fourth-order valence-corrected chi connectivity index (χ4v) is 3.81. The highest BCUT2D eigenvalue weighted by Crippen LogP contribution is 2.27. The summed E-state index contributed by atoms with van der Waals surface area (Å²) in [6, 6.07) is 13.3. The zero-order valence-electron chi connectivity index (χ0n) is 22.2. The van der Waals surface area contributed by atoms with E-state index in [9.17, 15) is 4.79 Å². The number of aromatic nitrogens is 3. The number of esters is 1. The summed E-state index contributed by atoms with van der Waals surface area (Å²) in [7, 11) is 1.42. The van der Waals surface area contributed by atoms with Crippen molar-refractivity contribution in [3.05, 3.63) is 66.6 Å².